The molecule has 0 amide bonds. The molecule has 4 nitrogen and oxygen atoms in total. The Hall–Kier alpha value is -1.91. The molecule has 0 aromatic heterocycles. The molecular formula is C15H12Cl2O4. The highest BCUT2D eigenvalue weighted by Crippen LogP contribution is 2.29. The molecule has 0 atom stereocenters. The zero-order valence-corrected chi connectivity index (χ0v) is 12.6. The van der Waals surface area contributed by atoms with Gasteiger partial charge in [0.2, 0.25) is 0 Å². The molecule has 0 spiro atoms. The third-order valence-corrected chi connectivity index (χ3v) is 3.53. The minimum absolute atomic E-state index is 0.125. The Bertz CT molecular complexity index is 671. The van der Waals surface area contributed by atoms with E-state index >= 15 is 0 Å². The number of methoxy groups -OCH3 is 1. The van der Waals surface area contributed by atoms with Gasteiger partial charge >= 0.3 is 5.97 Å². The smallest absolute Gasteiger partial charge is 0.335 e. The van der Waals surface area contributed by atoms with Gasteiger partial charge in [-0.15, -0.1) is 0 Å². The molecule has 0 radical (unpaired) electrons. The van der Waals surface area contributed by atoms with Crippen molar-refractivity contribution < 1.29 is 19.4 Å². The minimum Gasteiger partial charge on any atom is -0.493 e. The lowest BCUT2D eigenvalue weighted by Gasteiger charge is -2.11. The molecule has 1 N–H and O–H groups in total. The Morgan fingerprint density at radius 3 is 2.48 bits per heavy atom. The van der Waals surface area contributed by atoms with Crippen molar-refractivity contribution in [1.82, 2.24) is 0 Å². The average molecular weight is 327 g/mol. The molecule has 6 heteroatoms. The average Bonchev–Trinajstić information content (AvgIpc) is 2.48. The molecule has 21 heavy (non-hydrogen) atoms. The second-order valence-corrected chi connectivity index (χ2v) is 5.02. The monoisotopic (exact) mass is 326 g/mol. The number of carboxylic acids is 1. The normalized spacial score (nSPS) is 10.2. The number of hydrogen-bond donors (Lipinski definition) is 1. The molecule has 0 bridgehead atoms. The van der Waals surface area contributed by atoms with Crippen molar-refractivity contribution in [3.63, 3.8) is 0 Å². The Morgan fingerprint density at radius 1 is 1.10 bits per heavy atom. The Labute approximate surface area is 131 Å². The van der Waals surface area contributed by atoms with Crippen LogP contribution in [-0.2, 0) is 6.61 Å². The number of rotatable bonds is 5. The molecule has 0 aliphatic rings. The predicted octanol–water partition coefficient (Wildman–Crippen LogP) is 4.28. The van der Waals surface area contributed by atoms with E-state index in [4.69, 9.17) is 37.8 Å². The van der Waals surface area contributed by atoms with E-state index in [-0.39, 0.29) is 12.2 Å². The third kappa shape index (κ3) is 3.80. The van der Waals surface area contributed by atoms with E-state index in [9.17, 15) is 4.79 Å². The fourth-order valence-electron chi connectivity index (χ4n) is 1.71. The highest BCUT2D eigenvalue weighted by molar-refractivity contribution is 6.42. The summed E-state index contributed by atoms with van der Waals surface area (Å²) >= 11 is 11.8. The van der Waals surface area contributed by atoms with Gasteiger partial charge in [-0.3, -0.25) is 0 Å². The topological polar surface area (TPSA) is 55.8 Å². The lowest BCUT2D eigenvalue weighted by atomic mass is 10.2. The van der Waals surface area contributed by atoms with Gasteiger partial charge in [-0.05, 0) is 35.9 Å². The van der Waals surface area contributed by atoms with Gasteiger partial charge in [-0.1, -0.05) is 29.3 Å². The number of carbonyl (C=O) groups is 1. The van der Waals surface area contributed by atoms with Crippen LogP contribution in [0.1, 0.15) is 15.9 Å². The molecule has 2 aromatic rings. The van der Waals surface area contributed by atoms with Crippen LogP contribution >= 0.6 is 23.2 Å². The lowest BCUT2D eigenvalue weighted by Crippen LogP contribution is -2.01. The number of benzene rings is 2. The standard InChI is InChI=1S/C15H12Cl2O4/c1-20-13-5-3-10(15(18)19)7-14(13)21-8-9-2-4-11(16)12(17)6-9/h2-7H,8H2,1H3,(H,18,19). The van der Waals surface area contributed by atoms with E-state index in [0.29, 0.717) is 21.5 Å². The fourth-order valence-corrected chi connectivity index (χ4v) is 2.03. The lowest BCUT2D eigenvalue weighted by molar-refractivity contribution is 0.0696. The van der Waals surface area contributed by atoms with Crippen LogP contribution in [0, 0.1) is 0 Å². The van der Waals surface area contributed by atoms with Crippen molar-refractivity contribution in [3.05, 3.63) is 57.6 Å². The highest BCUT2D eigenvalue weighted by atomic mass is 35.5. The second-order valence-electron chi connectivity index (χ2n) is 4.21. The van der Waals surface area contributed by atoms with Gasteiger partial charge in [0.25, 0.3) is 0 Å². The van der Waals surface area contributed by atoms with Crippen LogP contribution in [0.5, 0.6) is 11.5 Å². The summed E-state index contributed by atoms with van der Waals surface area (Å²) in [4.78, 5) is 11.0. The maximum absolute atomic E-state index is 11.0. The summed E-state index contributed by atoms with van der Waals surface area (Å²) in [6, 6.07) is 9.56. The molecule has 2 aromatic carbocycles. The molecule has 0 heterocycles. The minimum atomic E-state index is -1.03. The SMILES string of the molecule is COc1ccc(C(=O)O)cc1OCc1ccc(Cl)c(Cl)c1. The maximum Gasteiger partial charge on any atom is 0.335 e. The van der Waals surface area contributed by atoms with Crippen LogP contribution in [-0.4, -0.2) is 18.2 Å². The molecule has 0 saturated heterocycles. The van der Waals surface area contributed by atoms with Crippen LogP contribution in [0.25, 0.3) is 0 Å². The van der Waals surface area contributed by atoms with E-state index in [1.54, 1.807) is 24.3 Å². The molecular weight excluding hydrogens is 315 g/mol. The summed E-state index contributed by atoms with van der Waals surface area (Å²) in [7, 11) is 1.49. The molecule has 2 rings (SSSR count). The zero-order chi connectivity index (χ0) is 15.4. The second kappa shape index (κ2) is 6.70. The van der Waals surface area contributed by atoms with Crippen molar-refractivity contribution in [2.45, 2.75) is 6.61 Å². The predicted molar refractivity (Wildman–Crippen MR) is 80.7 cm³/mol. The van der Waals surface area contributed by atoms with Crippen LogP contribution in [0.3, 0.4) is 0 Å². The summed E-state index contributed by atoms with van der Waals surface area (Å²) in [5.74, 6) is -0.222. The molecule has 0 aliphatic carbocycles. The van der Waals surface area contributed by atoms with Crippen molar-refractivity contribution in [2.24, 2.45) is 0 Å². The van der Waals surface area contributed by atoms with E-state index in [0.717, 1.165) is 5.56 Å². The molecule has 0 unspecified atom stereocenters. The van der Waals surface area contributed by atoms with E-state index in [1.165, 1.54) is 19.2 Å². The first-order valence-electron chi connectivity index (χ1n) is 5.99. The largest absolute Gasteiger partial charge is 0.493 e. The van der Waals surface area contributed by atoms with Gasteiger partial charge in [0.05, 0.1) is 22.7 Å². The van der Waals surface area contributed by atoms with Gasteiger partial charge in [0, 0.05) is 0 Å². The van der Waals surface area contributed by atoms with Gasteiger partial charge in [0.15, 0.2) is 11.5 Å². The number of ether oxygens (including phenoxy) is 2. The molecule has 0 aliphatic heterocycles. The summed E-state index contributed by atoms with van der Waals surface area (Å²) in [5.41, 5.74) is 0.937. The summed E-state index contributed by atoms with van der Waals surface area (Å²) < 4.78 is 10.8. The van der Waals surface area contributed by atoms with Crippen LogP contribution in [0.4, 0.5) is 0 Å². The van der Waals surface area contributed by atoms with Crippen LogP contribution in [0.2, 0.25) is 10.0 Å². The van der Waals surface area contributed by atoms with E-state index < -0.39 is 5.97 Å². The van der Waals surface area contributed by atoms with Crippen LogP contribution < -0.4 is 9.47 Å². The number of carboxylic acid groups (broad SMARTS) is 1. The van der Waals surface area contributed by atoms with Gasteiger partial charge in [0.1, 0.15) is 6.61 Å². The molecule has 110 valence electrons. The van der Waals surface area contributed by atoms with Gasteiger partial charge < -0.3 is 14.6 Å². The van der Waals surface area contributed by atoms with E-state index in [2.05, 4.69) is 0 Å². The van der Waals surface area contributed by atoms with Crippen molar-refractivity contribution in [2.75, 3.05) is 7.11 Å². The van der Waals surface area contributed by atoms with Crippen molar-refractivity contribution in [1.29, 1.82) is 0 Å². The molecule has 0 saturated carbocycles. The first-order valence-corrected chi connectivity index (χ1v) is 6.75. The highest BCUT2D eigenvalue weighted by Gasteiger charge is 2.10. The Morgan fingerprint density at radius 2 is 1.86 bits per heavy atom. The van der Waals surface area contributed by atoms with E-state index in [1.807, 2.05) is 0 Å². The third-order valence-electron chi connectivity index (χ3n) is 2.79. The van der Waals surface area contributed by atoms with Crippen molar-refractivity contribution >= 4 is 29.2 Å². The first-order chi connectivity index (χ1) is 10.0. The fraction of sp³-hybridized carbons (Fsp3) is 0.133. The first kappa shape index (κ1) is 15.5. The summed E-state index contributed by atoms with van der Waals surface area (Å²) in [6.45, 7) is 0.219. The Kier molecular flexibility index (Phi) is 4.94. The summed E-state index contributed by atoms with van der Waals surface area (Å²) in [5, 5.41) is 9.89. The number of hydrogen-bond acceptors (Lipinski definition) is 3. The maximum atomic E-state index is 11.0. The van der Waals surface area contributed by atoms with Crippen molar-refractivity contribution in [3.8, 4) is 11.5 Å². The van der Waals surface area contributed by atoms with Gasteiger partial charge in [-0.25, -0.2) is 4.79 Å². The number of aromatic carboxylic acids is 1. The number of halogens is 2. The summed E-state index contributed by atoms with van der Waals surface area (Å²) in [6.07, 6.45) is 0. The Balaban J connectivity index is 2.19. The molecule has 0 fully saturated rings. The quantitative estimate of drug-likeness (QED) is 0.890. The zero-order valence-electron chi connectivity index (χ0n) is 11.1. The van der Waals surface area contributed by atoms with Gasteiger partial charge in [-0.2, -0.15) is 0 Å². The van der Waals surface area contributed by atoms with Crippen LogP contribution in [0.15, 0.2) is 36.4 Å².